The van der Waals surface area contributed by atoms with Crippen LogP contribution in [0.25, 0.3) is 0 Å². The van der Waals surface area contributed by atoms with Gasteiger partial charge in [0.25, 0.3) is 11.8 Å². The van der Waals surface area contributed by atoms with Gasteiger partial charge in [0.05, 0.1) is 0 Å². The van der Waals surface area contributed by atoms with Gasteiger partial charge in [-0.15, -0.1) is 0 Å². The maximum Gasteiger partial charge on any atom is 0.277 e. The van der Waals surface area contributed by atoms with E-state index in [2.05, 4.69) is 10.7 Å². The number of hydrogen-bond donors (Lipinski definition) is 3. The lowest BCUT2D eigenvalue weighted by Gasteiger charge is -2.31. The zero-order valence-electron chi connectivity index (χ0n) is 18.0. The van der Waals surface area contributed by atoms with Crippen LogP contribution in [0.4, 0.5) is 13.2 Å². The molecule has 1 aliphatic heterocycles. The van der Waals surface area contributed by atoms with Crippen molar-refractivity contribution in [2.75, 3.05) is 18.6 Å². The topological polar surface area (TPSA) is 104 Å². The molecule has 32 heavy (non-hydrogen) atoms. The van der Waals surface area contributed by atoms with E-state index in [0.717, 1.165) is 23.7 Å². The number of nitrogens with one attached hydrogen (secondary N) is 2. The van der Waals surface area contributed by atoms with Gasteiger partial charge in [0.15, 0.2) is 11.4 Å². The molecular weight excluding hydrogens is 429 g/mol. The number of aromatic hydroxyl groups is 1. The highest BCUT2D eigenvalue weighted by Crippen LogP contribution is 2.19. The first-order valence-electron chi connectivity index (χ1n) is 10.2. The van der Waals surface area contributed by atoms with E-state index in [1.165, 1.54) is 4.90 Å². The summed E-state index contributed by atoms with van der Waals surface area (Å²) in [5.74, 6) is -6.02. The minimum Gasteiger partial charge on any atom is -0.502 e. The van der Waals surface area contributed by atoms with Gasteiger partial charge in [-0.1, -0.05) is 27.2 Å². The molecule has 0 fully saturated rings. The average Bonchev–Trinajstić information content (AvgIpc) is 2.76. The summed E-state index contributed by atoms with van der Waals surface area (Å²) in [5.41, 5.74) is 0.248. The van der Waals surface area contributed by atoms with E-state index < -0.39 is 58.1 Å². The van der Waals surface area contributed by atoms with E-state index in [0.29, 0.717) is 18.7 Å². The Kier molecular flexibility index (Phi) is 8.27. The lowest BCUT2D eigenvalue weighted by atomic mass is 10.1. The Morgan fingerprint density at radius 3 is 2.41 bits per heavy atom. The van der Waals surface area contributed by atoms with Crippen LogP contribution in [-0.2, 0) is 6.54 Å². The van der Waals surface area contributed by atoms with Gasteiger partial charge in [-0.25, -0.2) is 13.2 Å². The molecule has 2 heterocycles. The Labute approximate surface area is 182 Å². The molecule has 1 aliphatic rings. The van der Waals surface area contributed by atoms with Gasteiger partial charge in [0, 0.05) is 37.0 Å². The summed E-state index contributed by atoms with van der Waals surface area (Å²) in [6, 6.07) is 0.925. The third kappa shape index (κ3) is 5.04. The SMILES string of the molecule is CC.CCCCN1CNn2cc(C(=O)NCc3c(F)cc(F)cc3F)c(=O)c(O)c2C1=O. The smallest absolute Gasteiger partial charge is 0.277 e. The maximum absolute atomic E-state index is 13.7. The number of pyridine rings is 1. The van der Waals surface area contributed by atoms with Crippen molar-refractivity contribution in [2.45, 2.75) is 40.2 Å². The van der Waals surface area contributed by atoms with Crippen molar-refractivity contribution in [1.29, 1.82) is 0 Å². The van der Waals surface area contributed by atoms with Gasteiger partial charge in [0.2, 0.25) is 5.43 Å². The third-order valence-electron chi connectivity index (χ3n) is 4.66. The molecule has 2 amide bonds. The predicted molar refractivity (Wildman–Crippen MR) is 111 cm³/mol. The van der Waals surface area contributed by atoms with E-state index in [9.17, 15) is 32.7 Å². The van der Waals surface area contributed by atoms with Crippen LogP contribution in [0.5, 0.6) is 5.75 Å². The molecule has 0 radical (unpaired) electrons. The molecule has 0 saturated carbocycles. The fourth-order valence-electron chi connectivity index (χ4n) is 3.01. The minimum absolute atomic E-state index is 0.0984. The van der Waals surface area contributed by atoms with E-state index in [1.54, 1.807) is 0 Å². The number of unbranched alkanes of at least 4 members (excludes halogenated alkanes) is 1. The molecule has 8 nitrogen and oxygen atoms in total. The van der Waals surface area contributed by atoms with Crippen molar-refractivity contribution < 1.29 is 27.9 Å². The first-order chi connectivity index (χ1) is 15.2. The number of benzene rings is 1. The number of amides is 2. The molecule has 1 aromatic carbocycles. The number of rotatable bonds is 6. The van der Waals surface area contributed by atoms with Crippen molar-refractivity contribution in [3.05, 3.63) is 62.8 Å². The molecular formula is C21H25F3N4O4. The van der Waals surface area contributed by atoms with Crippen molar-refractivity contribution >= 4 is 11.8 Å². The van der Waals surface area contributed by atoms with Gasteiger partial charge in [-0.05, 0) is 6.42 Å². The molecule has 174 valence electrons. The third-order valence-corrected chi connectivity index (χ3v) is 4.66. The van der Waals surface area contributed by atoms with Crippen LogP contribution in [0.2, 0.25) is 0 Å². The summed E-state index contributed by atoms with van der Waals surface area (Å²) in [4.78, 5) is 38.7. The summed E-state index contributed by atoms with van der Waals surface area (Å²) in [6.45, 7) is 5.82. The van der Waals surface area contributed by atoms with E-state index >= 15 is 0 Å². The van der Waals surface area contributed by atoms with Crippen LogP contribution >= 0.6 is 0 Å². The van der Waals surface area contributed by atoms with Crippen molar-refractivity contribution in [2.24, 2.45) is 0 Å². The Morgan fingerprint density at radius 2 is 1.81 bits per heavy atom. The summed E-state index contributed by atoms with van der Waals surface area (Å²) < 4.78 is 41.5. The van der Waals surface area contributed by atoms with Crippen LogP contribution in [-0.4, -0.2) is 39.7 Å². The standard InChI is InChI=1S/C19H19F3N4O4.C2H6/c1-2-3-4-25-9-24-26-8-12(16(27)17(28)15(26)19(25)30)18(29)23-7-11-13(21)5-10(20)6-14(11)22;1-2/h5-6,8,24,28H,2-4,7,9H2,1H3,(H,23,29);1-2H3. The second-order valence-electron chi connectivity index (χ2n) is 6.71. The van der Waals surface area contributed by atoms with Crippen LogP contribution in [0.3, 0.4) is 0 Å². The Morgan fingerprint density at radius 1 is 1.19 bits per heavy atom. The normalized spacial score (nSPS) is 12.4. The first-order valence-corrected chi connectivity index (χ1v) is 10.2. The van der Waals surface area contributed by atoms with Gasteiger partial charge in [-0.3, -0.25) is 19.1 Å². The number of hydrogen-bond acceptors (Lipinski definition) is 5. The summed E-state index contributed by atoms with van der Waals surface area (Å²) in [5, 5.41) is 12.4. The molecule has 0 saturated heterocycles. The quantitative estimate of drug-likeness (QED) is 0.623. The molecule has 0 spiro atoms. The van der Waals surface area contributed by atoms with E-state index in [1.807, 2.05) is 20.8 Å². The number of carbonyl (C=O) groups excluding carboxylic acids is 2. The van der Waals surface area contributed by atoms with Crippen molar-refractivity contribution in [3.8, 4) is 5.75 Å². The number of fused-ring (bicyclic) bond motifs is 1. The van der Waals surface area contributed by atoms with Crippen molar-refractivity contribution in [3.63, 3.8) is 0 Å². The Hall–Kier alpha value is -3.50. The molecule has 3 rings (SSSR count). The molecule has 1 aromatic heterocycles. The molecule has 0 aliphatic carbocycles. The van der Waals surface area contributed by atoms with Gasteiger partial charge >= 0.3 is 0 Å². The number of carbonyl (C=O) groups is 2. The molecule has 2 aromatic rings. The molecule has 0 bridgehead atoms. The minimum atomic E-state index is -1.20. The number of aromatic nitrogens is 1. The fourth-order valence-corrected chi connectivity index (χ4v) is 3.01. The summed E-state index contributed by atoms with van der Waals surface area (Å²) in [6.07, 6.45) is 2.60. The Bertz CT molecular complexity index is 1050. The van der Waals surface area contributed by atoms with Crippen molar-refractivity contribution in [1.82, 2.24) is 14.9 Å². The lowest BCUT2D eigenvalue weighted by Crippen LogP contribution is -2.47. The monoisotopic (exact) mass is 454 g/mol. The number of nitrogens with zero attached hydrogens (tertiary/aromatic N) is 2. The fraction of sp³-hybridized carbons (Fsp3) is 0.381. The van der Waals surface area contributed by atoms with E-state index in [-0.39, 0.29) is 12.4 Å². The van der Waals surface area contributed by atoms with Crippen LogP contribution in [0, 0.1) is 17.5 Å². The lowest BCUT2D eigenvalue weighted by molar-refractivity contribution is 0.0718. The molecule has 0 atom stereocenters. The van der Waals surface area contributed by atoms with Gasteiger partial charge in [-0.2, -0.15) is 0 Å². The van der Waals surface area contributed by atoms with Gasteiger partial charge in [0.1, 0.15) is 29.7 Å². The van der Waals surface area contributed by atoms with Crippen LogP contribution < -0.4 is 16.2 Å². The maximum atomic E-state index is 13.7. The first kappa shape index (κ1) is 24.8. The highest BCUT2D eigenvalue weighted by molar-refractivity contribution is 5.99. The highest BCUT2D eigenvalue weighted by Gasteiger charge is 2.30. The largest absolute Gasteiger partial charge is 0.502 e. The second kappa shape index (κ2) is 10.7. The summed E-state index contributed by atoms with van der Waals surface area (Å²) in [7, 11) is 0. The molecule has 11 heteroatoms. The van der Waals surface area contributed by atoms with Gasteiger partial charge < -0.3 is 20.7 Å². The molecule has 3 N–H and O–H groups in total. The zero-order chi connectivity index (χ0) is 24.0. The Balaban J connectivity index is 0.00000176. The summed E-state index contributed by atoms with van der Waals surface area (Å²) >= 11 is 0. The average molecular weight is 454 g/mol. The van der Waals surface area contributed by atoms with Crippen LogP contribution in [0.1, 0.15) is 60.0 Å². The predicted octanol–water partition coefficient (Wildman–Crippen LogP) is 2.68. The second-order valence-corrected chi connectivity index (χ2v) is 6.71. The zero-order valence-corrected chi connectivity index (χ0v) is 18.0. The van der Waals surface area contributed by atoms with Crippen LogP contribution in [0.15, 0.2) is 23.1 Å². The van der Waals surface area contributed by atoms with E-state index in [4.69, 9.17) is 0 Å². The molecule has 0 unspecified atom stereocenters. The number of halogens is 3. The highest BCUT2D eigenvalue weighted by atomic mass is 19.1.